The zero-order valence-electron chi connectivity index (χ0n) is 23.6. The number of aliphatic hydroxyl groups is 1. The summed E-state index contributed by atoms with van der Waals surface area (Å²) in [6.45, 7) is 18.0. The van der Waals surface area contributed by atoms with Crippen LogP contribution in [0.25, 0.3) is 0 Å². The second kappa shape index (κ2) is 56.8. The largest absolute Gasteiger partial charge is 0.400 e. The molecule has 0 aliphatic carbocycles. The van der Waals surface area contributed by atoms with Gasteiger partial charge in [-0.3, -0.25) is 0 Å². The molecule has 0 rings (SSSR count). The highest BCUT2D eigenvalue weighted by Gasteiger charge is 1.82. The monoisotopic (exact) mass is 433 g/mol. The fourth-order valence-electron chi connectivity index (χ4n) is 2.71. The first-order valence-electron chi connectivity index (χ1n) is 14.1. The molecule has 0 amide bonds. The Morgan fingerprint density at radius 3 is 0.400 bits per heavy atom. The highest BCUT2D eigenvalue weighted by Crippen LogP contribution is 2.01. The molecule has 0 bridgehead atoms. The van der Waals surface area contributed by atoms with E-state index in [0.717, 1.165) is 7.11 Å². The first-order valence-corrected chi connectivity index (χ1v) is 14.1. The number of hydrogen-bond acceptors (Lipinski definition) is 1. The van der Waals surface area contributed by atoms with Crippen LogP contribution >= 0.6 is 0 Å². The van der Waals surface area contributed by atoms with E-state index in [9.17, 15) is 0 Å². The zero-order chi connectivity index (χ0) is 24.1. The third-order valence-electron chi connectivity index (χ3n) is 4.83. The van der Waals surface area contributed by atoms with Gasteiger partial charge in [0.2, 0.25) is 0 Å². The minimum absolute atomic E-state index is 1.00. The Bertz CT molecular complexity index is 123. The van der Waals surface area contributed by atoms with Gasteiger partial charge in [-0.25, -0.2) is 0 Å². The Kier molecular flexibility index (Phi) is 76.4. The maximum absolute atomic E-state index is 7.00. The predicted molar refractivity (Wildman–Crippen MR) is 146 cm³/mol. The van der Waals surface area contributed by atoms with Gasteiger partial charge in [-0.1, -0.05) is 184 Å². The molecule has 0 saturated carbocycles. The second-order valence-electron chi connectivity index (χ2n) is 8.24. The number of aliphatic hydroxyl groups excluding tert-OH is 1. The summed E-state index contributed by atoms with van der Waals surface area (Å²) in [4.78, 5) is 0. The van der Waals surface area contributed by atoms with Crippen molar-refractivity contribution < 1.29 is 5.11 Å². The van der Waals surface area contributed by atoms with Gasteiger partial charge in [-0.15, -0.1) is 0 Å². The molecule has 1 nitrogen and oxygen atoms in total. The van der Waals surface area contributed by atoms with Crippen LogP contribution in [0.4, 0.5) is 0 Å². The van der Waals surface area contributed by atoms with Crippen molar-refractivity contribution in [2.45, 2.75) is 184 Å². The molecule has 0 heterocycles. The lowest BCUT2D eigenvalue weighted by atomic mass is 10.2. The summed E-state index contributed by atoms with van der Waals surface area (Å²) >= 11 is 0. The molecule has 1 heteroatoms. The van der Waals surface area contributed by atoms with Gasteiger partial charge in [0.15, 0.2) is 0 Å². The standard InChI is InChI=1S/4C7H16.CH4O/c4*1-3-5-7-6-4-2;1-2/h4*3-7H2,1-2H3;2H,1H3. The smallest absolute Gasteiger partial charge is 0.0319 e. The third-order valence-corrected chi connectivity index (χ3v) is 4.83. The molecule has 0 radical (unpaired) electrons. The summed E-state index contributed by atoms with van der Waals surface area (Å²) < 4.78 is 0. The van der Waals surface area contributed by atoms with Gasteiger partial charge < -0.3 is 5.11 Å². The lowest BCUT2D eigenvalue weighted by molar-refractivity contribution is 0.399. The van der Waals surface area contributed by atoms with Crippen LogP contribution in [0.15, 0.2) is 0 Å². The summed E-state index contributed by atoms with van der Waals surface area (Å²) in [5.41, 5.74) is 0. The first-order chi connectivity index (χ1) is 14.7. The van der Waals surface area contributed by atoms with Crippen LogP contribution in [0, 0.1) is 0 Å². The van der Waals surface area contributed by atoms with Crippen molar-refractivity contribution >= 4 is 0 Å². The van der Waals surface area contributed by atoms with Gasteiger partial charge in [0.1, 0.15) is 0 Å². The lowest BCUT2D eigenvalue weighted by Crippen LogP contribution is -1.70. The van der Waals surface area contributed by atoms with Crippen LogP contribution in [0.2, 0.25) is 0 Å². The predicted octanol–water partition coefficient (Wildman–Crippen LogP) is 11.5. The molecule has 0 aliphatic rings. The van der Waals surface area contributed by atoms with E-state index < -0.39 is 0 Å². The Morgan fingerprint density at radius 2 is 0.333 bits per heavy atom. The lowest BCUT2D eigenvalue weighted by Gasteiger charge is -1.90. The minimum Gasteiger partial charge on any atom is -0.400 e. The van der Waals surface area contributed by atoms with Crippen LogP contribution in [0.5, 0.6) is 0 Å². The number of unbranched alkanes of at least 4 members (excludes halogenated alkanes) is 16. The second-order valence-corrected chi connectivity index (χ2v) is 8.24. The van der Waals surface area contributed by atoms with Crippen LogP contribution in [-0.2, 0) is 0 Å². The van der Waals surface area contributed by atoms with Crippen LogP contribution < -0.4 is 0 Å². The fourth-order valence-corrected chi connectivity index (χ4v) is 2.71. The van der Waals surface area contributed by atoms with Crippen molar-refractivity contribution in [2.24, 2.45) is 0 Å². The van der Waals surface area contributed by atoms with E-state index >= 15 is 0 Å². The Labute approximate surface area is 196 Å². The van der Waals surface area contributed by atoms with E-state index in [2.05, 4.69) is 55.4 Å². The quantitative estimate of drug-likeness (QED) is 0.240. The van der Waals surface area contributed by atoms with Crippen molar-refractivity contribution in [2.75, 3.05) is 7.11 Å². The Balaban J connectivity index is -0.0000000899. The van der Waals surface area contributed by atoms with Crippen LogP contribution in [0.1, 0.15) is 184 Å². The molecule has 0 aromatic heterocycles. The molecule has 1 N–H and O–H groups in total. The third kappa shape index (κ3) is 79.8. The molecule has 0 aromatic rings. The van der Waals surface area contributed by atoms with E-state index in [1.807, 2.05) is 0 Å². The van der Waals surface area contributed by atoms with E-state index in [1.165, 1.54) is 128 Å². The van der Waals surface area contributed by atoms with Crippen molar-refractivity contribution in [1.82, 2.24) is 0 Å². The van der Waals surface area contributed by atoms with E-state index in [0.29, 0.717) is 0 Å². The topological polar surface area (TPSA) is 20.2 Å². The molecule has 0 aliphatic heterocycles. The summed E-state index contributed by atoms with van der Waals surface area (Å²) in [6, 6.07) is 0. The molecule has 0 saturated heterocycles. The minimum atomic E-state index is 1.00. The summed E-state index contributed by atoms with van der Waals surface area (Å²) in [6.07, 6.45) is 28.0. The van der Waals surface area contributed by atoms with E-state index in [4.69, 9.17) is 5.11 Å². The van der Waals surface area contributed by atoms with Gasteiger partial charge in [0.05, 0.1) is 0 Å². The number of rotatable bonds is 16. The summed E-state index contributed by atoms with van der Waals surface area (Å²) in [5.74, 6) is 0. The zero-order valence-corrected chi connectivity index (χ0v) is 23.6. The Hall–Kier alpha value is -0.0400. The summed E-state index contributed by atoms with van der Waals surface area (Å²) in [5, 5.41) is 7.00. The van der Waals surface area contributed by atoms with Gasteiger partial charge in [0.25, 0.3) is 0 Å². The van der Waals surface area contributed by atoms with Gasteiger partial charge in [0, 0.05) is 7.11 Å². The average molecular weight is 433 g/mol. The first kappa shape index (κ1) is 40.3. The van der Waals surface area contributed by atoms with Crippen molar-refractivity contribution in [1.29, 1.82) is 0 Å². The van der Waals surface area contributed by atoms with Crippen LogP contribution in [-0.4, -0.2) is 12.2 Å². The van der Waals surface area contributed by atoms with Gasteiger partial charge >= 0.3 is 0 Å². The molecule has 0 unspecified atom stereocenters. The highest BCUT2D eigenvalue weighted by molar-refractivity contribution is 4.37. The highest BCUT2D eigenvalue weighted by atomic mass is 16.2. The average Bonchev–Trinajstić information content (AvgIpc) is 2.78. The molecule has 0 aromatic carbocycles. The van der Waals surface area contributed by atoms with Crippen molar-refractivity contribution in [3.63, 3.8) is 0 Å². The molecular weight excluding hydrogens is 364 g/mol. The maximum atomic E-state index is 7.00. The van der Waals surface area contributed by atoms with E-state index in [-0.39, 0.29) is 0 Å². The molecular formula is C29H68O. The van der Waals surface area contributed by atoms with E-state index in [1.54, 1.807) is 0 Å². The Morgan fingerprint density at radius 1 is 0.233 bits per heavy atom. The molecule has 190 valence electrons. The molecule has 0 spiro atoms. The normalized spacial score (nSPS) is 9.00. The molecule has 30 heavy (non-hydrogen) atoms. The SMILES string of the molecule is CCCCCCC.CCCCCCC.CCCCCCC.CCCCCCC.CO. The fraction of sp³-hybridized carbons (Fsp3) is 1.00. The molecule has 0 fully saturated rings. The van der Waals surface area contributed by atoms with Crippen LogP contribution in [0.3, 0.4) is 0 Å². The maximum Gasteiger partial charge on any atom is 0.0319 e. The van der Waals surface area contributed by atoms with Gasteiger partial charge in [-0.05, 0) is 0 Å². The molecule has 0 atom stereocenters. The summed E-state index contributed by atoms with van der Waals surface area (Å²) in [7, 11) is 1.00. The van der Waals surface area contributed by atoms with Gasteiger partial charge in [-0.2, -0.15) is 0 Å². The number of hydrogen-bond donors (Lipinski definition) is 1. The van der Waals surface area contributed by atoms with Crippen molar-refractivity contribution in [3.8, 4) is 0 Å². The van der Waals surface area contributed by atoms with Crippen molar-refractivity contribution in [3.05, 3.63) is 0 Å².